The van der Waals surface area contributed by atoms with E-state index in [0.717, 1.165) is 5.56 Å². The van der Waals surface area contributed by atoms with Crippen molar-refractivity contribution < 1.29 is 18.8 Å². The number of aromatic nitrogens is 4. The van der Waals surface area contributed by atoms with Crippen LogP contribution >= 0.6 is 0 Å². The molecule has 0 bridgehead atoms. The van der Waals surface area contributed by atoms with Gasteiger partial charge in [0.05, 0.1) is 39.0 Å². The lowest BCUT2D eigenvalue weighted by molar-refractivity contribution is -0.120. The van der Waals surface area contributed by atoms with Gasteiger partial charge < -0.3 is 24.2 Å². The van der Waals surface area contributed by atoms with E-state index in [1.807, 2.05) is 11.8 Å². The van der Waals surface area contributed by atoms with Gasteiger partial charge in [0, 0.05) is 18.7 Å². The van der Waals surface area contributed by atoms with Crippen LogP contribution in [0.25, 0.3) is 0 Å². The number of carbonyl (C=O) groups is 1. The predicted molar refractivity (Wildman–Crippen MR) is 90.9 cm³/mol. The van der Waals surface area contributed by atoms with Crippen molar-refractivity contribution in [2.45, 2.75) is 26.8 Å². The molecular formula is C16H22N6O4. The van der Waals surface area contributed by atoms with Crippen molar-refractivity contribution in [3.8, 4) is 6.01 Å². The third-order valence-electron chi connectivity index (χ3n) is 4.09. The average molecular weight is 362 g/mol. The minimum absolute atomic E-state index is 0.160. The van der Waals surface area contributed by atoms with Crippen molar-refractivity contribution in [2.24, 2.45) is 0 Å². The average Bonchev–Trinajstić information content (AvgIpc) is 2.98. The summed E-state index contributed by atoms with van der Waals surface area (Å²) in [6.45, 7) is 6.42. The predicted octanol–water partition coefficient (Wildman–Crippen LogP) is 0.181. The highest BCUT2D eigenvalue weighted by molar-refractivity contribution is 5.78. The summed E-state index contributed by atoms with van der Waals surface area (Å²) in [4.78, 5) is 27.1. The summed E-state index contributed by atoms with van der Waals surface area (Å²) >= 11 is 0. The number of anilines is 1. The SMILES string of the molecule is COc1nc(CNC(=O)Cc2c(C)noc2C)nc(N2CCOCC2)n1. The molecule has 10 nitrogen and oxygen atoms in total. The van der Waals surface area contributed by atoms with Crippen LogP contribution in [-0.4, -0.2) is 59.4 Å². The van der Waals surface area contributed by atoms with Gasteiger partial charge >= 0.3 is 6.01 Å². The van der Waals surface area contributed by atoms with E-state index in [-0.39, 0.29) is 24.9 Å². The Balaban J connectivity index is 1.66. The Kier molecular flexibility index (Phi) is 5.61. The molecule has 0 atom stereocenters. The molecule has 0 radical (unpaired) electrons. The van der Waals surface area contributed by atoms with Crippen molar-refractivity contribution >= 4 is 11.9 Å². The second-order valence-electron chi connectivity index (χ2n) is 5.89. The molecule has 0 unspecified atom stereocenters. The second kappa shape index (κ2) is 8.09. The third kappa shape index (κ3) is 4.26. The van der Waals surface area contributed by atoms with Gasteiger partial charge in [-0.15, -0.1) is 0 Å². The van der Waals surface area contributed by atoms with E-state index in [1.165, 1.54) is 7.11 Å². The molecule has 2 aromatic rings. The maximum Gasteiger partial charge on any atom is 0.321 e. The zero-order chi connectivity index (χ0) is 18.5. The fourth-order valence-corrected chi connectivity index (χ4v) is 2.62. The second-order valence-corrected chi connectivity index (χ2v) is 5.89. The van der Waals surface area contributed by atoms with Crippen LogP contribution in [0.5, 0.6) is 6.01 Å². The largest absolute Gasteiger partial charge is 0.467 e. The lowest BCUT2D eigenvalue weighted by Gasteiger charge is -2.26. The van der Waals surface area contributed by atoms with Gasteiger partial charge in [-0.3, -0.25) is 4.79 Å². The summed E-state index contributed by atoms with van der Waals surface area (Å²) in [6, 6.07) is 0.219. The molecule has 3 rings (SSSR count). The Morgan fingerprint density at radius 1 is 1.23 bits per heavy atom. The molecule has 1 saturated heterocycles. The van der Waals surface area contributed by atoms with Crippen molar-refractivity contribution in [3.05, 3.63) is 22.8 Å². The van der Waals surface area contributed by atoms with Gasteiger partial charge in [0.2, 0.25) is 11.9 Å². The van der Waals surface area contributed by atoms with Crippen LogP contribution < -0.4 is 15.0 Å². The third-order valence-corrected chi connectivity index (χ3v) is 4.09. The van der Waals surface area contributed by atoms with Gasteiger partial charge in [-0.2, -0.15) is 15.0 Å². The lowest BCUT2D eigenvalue weighted by atomic mass is 10.1. The maximum absolute atomic E-state index is 12.2. The molecule has 26 heavy (non-hydrogen) atoms. The minimum Gasteiger partial charge on any atom is -0.467 e. The number of nitrogens with one attached hydrogen (secondary N) is 1. The number of amides is 1. The molecule has 10 heteroatoms. The molecule has 1 N–H and O–H groups in total. The Bertz CT molecular complexity index is 753. The highest BCUT2D eigenvalue weighted by atomic mass is 16.5. The van der Waals surface area contributed by atoms with Gasteiger partial charge in [0.1, 0.15) is 5.76 Å². The van der Waals surface area contributed by atoms with Gasteiger partial charge in [-0.1, -0.05) is 5.16 Å². The fraction of sp³-hybridized carbons (Fsp3) is 0.562. The Morgan fingerprint density at radius 3 is 2.65 bits per heavy atom. The summed E-state index contributed by atoms with van der Waals surface area (Å²) in [5, 5.41) is 6.67. The van der Waals surface area contributed by atoms with Crippen molar-refractivity contribution in [1.29, 1.82) is 0 Å². The molecular weight excluding hydrogens is 340 g/mol. The first-order valence-electron chi connectivity index (χ1n) is 8.37. The topological polar surface area (TPSA) is 116 Å². The standard InChI is InChI=1S/C16H22N6O4/c1-10-12(11(2)26-21-10)8-14(23)17-9-13-18-15(20-16(19-13)24-3)22-4-6-25-7-5-22/h4-9H2,1-3H3,(H,17,23). The first-order chi connectivity index (χ1) is 12.6. The number of morpholine rings is 1. The lowest BCUT2D eigenvalue weighted by Crippen LogP contribution is -2.37. The van der Waals surface area contributed by atoms with Crippen molar-refractivity contribution in [1.82, 2.24) is 25.4 Å². The highest BCUT2D eigenvalue weighted by Gasteiger charge is 2.18. The number of nitrogens with zero attached hydrogens (tertiary/aromatic N) is 5. The molecule has 0 aliphatic carbocycles. The van der Waals surface area contributed by atoms with Gasteiger partial charge in [-0.25, -0.2) is 0 Å². The molecule has 1 aliphatic heterocycles. The number of ether oxygens (including phenoxy) is 2. The Hall–Kier alpha value is -2.75. The first kappa shape index (κ1) is 18.1. The molecule has 1 fully saturated rings. The molecule has 0 saturated carbocycles. The monoisotopic (exact) mass is 362 g/mol. The van der Waals surface area contributed by atoms with E-state index >= 15 is 0 Å². The molecule has 0 aromatic carbocycles. The normalized spacial score (nSPS) is 14.3. The Labute approximate surface area is 150 Å². The molecule has 1 amide bonds. The minimum atomic E-state index is -0.160. The van der Waals surface area contributed by atoms with E-state index in [4.69, 9.17) is 14.0 Å². The quantitative estimate of drug-likeness (QED) is 0.768. The number of carbonyl (C=O) groups excluding carboxylic acids is 1. The molecule has 3 heterocycles. The van der Waals surface area contributed by atoms with Crippen LogP contribution in [0.2, 0.25) is 0 Å². The van der Waals surface area contributed by atoms with Gasteiger partial charge in [0.25, 0.3) is 0 Å². The van der Waals surface area contributed by atoms with E-state index in [1.54, 1.807) is 6.92 Å². The maximum atomic E-state index is 12.2. The number of hydrogen-bond donors (Lipinski definition) is 1. The number of aryl methyl sites for hydroxylation is 2. The summed E-state index contributed by atoms with van der Waals surface area (Å²) < 4.78 is 15.6. The summed E-state index contributed by atoms with van der Waals surface area (Å²) in [6.07, 6.45) is 0.194. The molecule has 0 spiro atoms. The van der Waals surface area contributed by atoms with Crippen LogP contribution in [0.4, 0.5) is 5.95 Å². The number of methoxy groups -OCH3 is 1. The molecule has 2 aromatic heterocycles. The summed E-state index contributed by atoms with van der Waals surface area (Å²) in [5.74, 6) is 1.45. The molecule has 140 valence electrons. The zero-order valence-electron chi connectivity index (χ0n) is 15.1. The van der Waals surface area contributed by atoms with E-state index in [2.05, 4.69) is 25.4 Å². The van der Waals surface area contributed by atoms with Crippen LogP contribution in [0, 0.1) is 13.8 Å². The van der Waals surface area contributed by atoms with Crippen LogP contribution in [0.1, 0.15) is 22.8 Å². The van der Waals surface area contributed by atoms with Gasteiger partial charge in [-0.05, 0) is 13.8 Å². The summed E-state index contributed by atoms with van der Waals surface area (Å²) in [7, 11) is 1.50. The van der Waals surface area contributed by atoms with Crippen LogP contribution in [-0.2, 0) is 22.5 Å². The van der Waals surface area contributed by atoms with E-state index in [0.29, 0.717) is 49.5 Å². The highest BCUT2D eigenvalue weighted by Crippen LogP contribution is 2.15. The van der Waals surface area contributed by atoms with E-state index < -0.39 is 0 Å². The van der Waals surface area contributed by atoms with Crippen LogP contribution in [0.3, 0.4) is 0 Å². The number of hydrogen-bond acceptors (Lipinski definition) is 9. The summed E-state index contributed by atoms with van der Waals surface area (Å²) in [5.41, 5.74) is 1.51. The first-order valence-corrected chi connectivity index (χ1v) is 8.37. The van der Waals surface area contributed by atoms with Crippen molar-refractivity contribution in [2.75, 3.05) is 38.3 Å². The van der Waals surface area contributed by atoms with Gasteiger partial charge in [0.15, 0.2) is 5.82 Å². The zero-order valence-corrected chi connectivity index (χ0v) is 15.1. The molecule has 1 aliphatic rings. The van der Waals surface area contributed by atoms with Crippen LogP contribution in [0.15, 0.2) is 4.52 Å². The fourth-order valence-electron chi connectivity index (χ4n) is 2.62. The van der Waals surface area contributed by atoms with E-state index in [9.17, 15) is 4.79 Å². The Morgan fingerprint density at radius 2 is 2.00 bits per heavy atom. The number of rotatable bonds is 6. The van der Waals surface area contributed by atoms with Crippen molar-refractivity contribution in [3.63, 3.8) is 0 Å². The smallest absolute Gasteiger partial charge is 0.321 e.